The molecule has 3 rings (SSSR count). The molecule has 2 aliphatic heterocycles. The van der Waals surface area contributed by atoms with Crippen LogP contribution in [-0.4, -0.2) is 64.0 Å². The van der Waals surface area contributed by atoms with Crippen LogP contribution in [0.25, 0.3) is 0 Å². The van der Waals surface area contributed by atoms with Crippen LogP contribution in [0.4, 0.5) is 4.79 Å². The van der Waals surface area contributed by atoms with Crippen LogP contribution in [-0.2, 0) is 16.0 Å². The average molecular weight is 391 g/mol. The Bertz CT molecular complexity index is 680. The summed E-state index contributed by atoms with van der Waals surface area (Å²) in [7, 11) is 0. The van der Waals surface area contributed by atoms with Gasteiger partial charge in [0.2, 0.25) is 11.8 Å². The van der Waals surface area contributed by atoms with Crippen LogP contribution in [0.1, 0.15) is 31.2 Å². The summed E-state index contributed by atoms with van der Waals surface area (Å²) in [6.45, 7) is 0.961. The fourth-order valence-corrected chi connectivity index (χ4v) is 4.64. The number of imide groups is 1. The van der Waals surface area contributed by atoms with E-state index in [0.29, 0.717) is 13.1 Å². The SMILES string of the molecule is O=C(CN1C(=O)CSC1=O)N1CCC[C@](CO)(CCCc2ccccc2)C1. The summed E-state index contributed by atoms with van der Waals surface area (Å²) in [6, 6.07) is 10.3. The number of amides is 3. The lowest BCUT2D eigenvalue weighted by Crippen LogP contribution is -2.51. The predicted molar refractivity (Wildman–Crippen MR) is 104 cm³/mol. The van der Waals surface area contributed by atoms with E-state index in [1.165, 1.54) is 5.56 Å². The van der Waals surface area contributed by atoms with Crippen molar-refractivity contribution < 1.29 is 19.5 Å². The topological polar surface area (TPSA) is 77.9 Å². The molecule has 2 saturated heterocycles. The first-order valence-electron chi connectivity index (χ1n) is 9.43. The molecule has 2 fully saturated rings. The first kappa shape index (κ1) is 19.9. The summed E-state index contributed by atoms with van der Waals surface area (Å²) in [6.07, 6.45) is 4.46. The van der Waals surface area contributed by atoms with E-state index in [-0.39, 0.29) is 41.4 Å². The minimum atomic E-state index is -0.346. The summed E-state index contributed by atoms with van der Waals surface area (Å²) in [5, 5.41) is 9.70. The minimum Gasteiger partial charge on any atom is -0.396 e. The van der Waals surface area contributed by atoms with Crippen LogP contribution in [0.15, 0.2) is 30.3 Å². The highest BCUT2D eigenvalue weighted by Crippen LogP contribution is 2.35. The maximum atomic E-state index is 12.6. The third kappa shape index (κ3) is 4.90. The number of rotatable bonds is 7. The van der Waals surface area contributed by atoms with Crippen molar-refractivity contribution in [2.75, 3.05) is 32.0 Å². The summed E-state index contributed by atoms with van der Waals surface area (Å²) >= 11 is 0.942. The van der Waals surface area contributed by atoms with Crippen LogP contribution in [0.2, 0.25) is 0 Å². The molecule has 0 aliphatic carbocycles. The Morgan fingerprint density at radius 3 is 2.67 bits per heavy atom. The van der Waals surface area contributed by atoms with Gasteiger partial charge in [-0.1, -0.05) is 42.1 Å². The second kappa shape index (κ2) is 8.89. The third-order valence-electron chi connectivity index (χ3n) is 5.50. The zero-order valence-corrected chi connectivity index (χ0v) is 16.2. The molecule has 6 nitrogen and oxygen atoms in total. The summed E-state index contributed by atoms with van der Waals surface area (Å²) < 4.78 is 0. The first-order chi connectivity index (χ1) is 13.0. The van der Waals surface area contributed by atoms with Gasteiger partial charge in [0.25, 0.3) is 5.24 Å². The summed E-state index contributed by atoms with van der Waals surface area (Å²) in [4.78, 5) is 38.8. The fourth-order valence-electron chi connectivity index (χ4n) is 3.91. The van der Waals surface area contributed by atoms with Crippen molar-refractivity contribution >= 4 is 28.8 Å². The van der Waals surface area contributed by atoms with E-state index in [0.717, 1.165) is 48.8 Å². The number of aliphatic hydroxyl groups excluding tert-OH is 1. The molecule has 0 saturated carbocycles. The molecule has 0 spiro atoms. The standard InChI is InChI=1S/C20H26N2O4S/c23-15-20(9-4-8-16-6-2-1-3-7-16)10-5-11-21(14-20)17(24)12-22-18(25)13-27-19(22)26/h1-3,6-7,23H,4-5,8-15H2/t20-/m1/s1. The van der Waals surface area contributed by atoms with Gasteiger partial charge in [0, 0.05) is 18.5 Å². The lowest BCUT2D eigenvalue weighted by atomic mass is 9.76. The Hall–Kier alpha value is -1.86. The molecule has 1 atom stereocenters. The number of thioether (sulfide) groups is 1. The molecule has 0 bridgehead atoms. The van der Waals surface area contributed by atoms with Crippen molar-refractivity contribution in [3.8, 4) is 0 Å². The number of hydrogen-bond acceptors (Lipinski definition) is 5. The van der Waals surface area contributed by atoms with Crippen molar-refractivity contribution in [3.63, 3.8) is 0 Å². The largest absolute Gasteiger partial charge is 0.396 e. The zero-order chi connectivity index (χ0) is 19.3. The van der Waals surface area contributed by atoms with Crippen molar-refractivity contribution in [3.05, 3.63) is 35.9 Å². The van der Waals surface area contributed by atoms with Crippen molar-refractivity contribution in [1.82, 2.24) is 9.80 Å². The number of carbonyl (C=O) groups excluding carboxylic acids is 3. The number of piperidine rings is 1. The number of aliphatic hydroxyl groups is 1. The van der Waals surface area contributed by atoms with Gasteiger partial charge in [0.15, 0.2) is 0 Å². The molecular formula is C20H26N2O4S. The zero-order valence-electron chi connectivity index (χ0n) is 15.4. The van der Waals surface area contributed by atoms with Gasteiger partial charge >= 0.3 is 0 Å². The number of likely N-dealkylation sites (tertiary alicyclic amines) is 1. The summed E-state index contributed by atoms with van der Waals surface area (Å²) in [5.41, 5.74) is 0.981. The highest BCUT2D eigenvalue weighted by molar-refractivity contribution is 8.14. The Morgan fingerprint density at radius 1 is 1.22 bits per heavy atom. The van der Waals surface area contributed by atoms with E-state index in [1.54, 1.807) is 4.90 Å². The smallest absolute Gasteiger partial charge is 0.289 e. The van der Waals surface area contributed by atoms with Gasteiger partial charge in [-0.05, 0) is 37.7 Å². The van der Waals surface area contributed by atoms with Crippen molar-refractivity contribution in [2.24, 2.45) is 5.41 Å². The maximum absolute atomic E-state index is 12.6. The molecule has 0 unspecified atom stereocenters. The highest BCUT2D eigenvalue weighted by atomic mass is 32.2. The molecule has 3 amide bonds. The molecule has 0 radical (unpaired) electrons. The first-order valence-corrected chi connectivity index (χ1v) is 10.4. The predicted octanol–water partition coefficient (Wildman–Crippen LogP) is 2.31. The third-order valence-corrected chi connectivity index (χ3v) is 6.36. The van der Waals surface area contributed by atoms with Gasteiger partial charge in [-0.25, -0.2) is 0 Å². The lowest BCUT2D eigenvalue weighted by Gasteiger charge is -2.42. The van der Waals surface area contributed by atoms with Crippen molar-refractivity contribution in [2.45, 2.75) is 32.1 Å². The second-order valence-corrected chi connectivity index (χ2v) is 8.38. The van der Waals surface area contributed by atoms with Crippen LogP contribution in [0.3, 0.4) is 0 Å². The maximum Gasteiger partial charge on any atom is 0.289 e. The Balaban J connectivity index is 1.56. The van der Waals surface area contributed by atoms with E-state index in [1.807, 2.05) is 18.2 Å². The van der Waals surface area contributed by atoms with Gasteiger partial charge in [0.05, 0.1) is 12.4 Å². The van der Waals surface area contributed by atoms with Gasteiger partial charge in [-0.2, -0.15) is 0 Å². The van der Waals surface area contributed by atoms with E-state index in [2.05, 4.69) is 12.1 Å². The highest BCUT2D eigenvalue weighted by Gasteiger charge is 2.38. The van der Waals surface area contributed by atoms with Crippen LogP contribution < -0.4 is 0 Å². The number of hydrogen-bond donors (Lipinski definition) is 1. The average Bonchev–Trinajstić information content (AvgIpc) is 3.01. The fraction of sp³-hybridized carbons (Fsp3) is 0.550. The van der Waals surface area contributed by atoms with E-state index < -0.39 is 0 Å². The Labute approximate surface area is 163 Å². The van der Waals surface area contributed by atoms with Crippen LogP contribution in [0.5, 0.6) is 0 Å². The molecule has 27 heavy (non-hydrogen) atoms. The van der Waals surface area contributed by atoms with Crippen LogP contribution >= 0.6 is 11.8 Å². The quantitative estimate of drug-likeness (QED) is 0.773. The normalized spacial score (nSPS) is 23.1. The number of nitrogens with zero attached hydrogens (tertiary/aromatic N) is 2. The number of aryl methyl sites for hydroxylation is 1. The van der Waals surface area contributed by atoms with Gasteiger partial charge in [-0.15, -0.1) is 0 Å². The molecule has 1 aromatic carbocycles. The minimum absolute atomic E-state index is 0.0446. The number of benzene rings is 1. The lowest BCUT2D eigenvalue weighted by molar-refractivity contribution is -0.139. The Morgan fingerprint density at radius 2 is 2.00 bits per heavy atom. The molecule has 1 N–H and O–H groups in total. The molecule has 2 heterocycles. The van der Waals surface area contributed by atoms with Crippen molar-refractivity contribution in [1.29, 1.82) is 0 Å². The van der Waals surface area contributed by atoms with Crippen LogP contribution in [0, 0.1) is 5.41 Å². The van der Waals surface area contributed by atoms with E-state index in [9.17, 15) is 19.5 Å². The van der Waals surface area contributed by atoms with Gasteiger partial charge < -0.3 is 10.0 Å². The van der Waals surface area contributed by atoms with E-state index >= 15 is 0 Å². The molecular weight excluding hydrogens is 364 g/mol. The van der Waals surface area contributed by atoms with Gasteiger partial charge in [-0.3, -0.25) is 19.3 Å². The molecule has 0 aromatic heterocycles. The molecule has 1 aromatic rings. The summed E-state index contributed by atoms with van der Waals surface area (Å²) in [5.74, 6) is -0.391. The van der Waals surface area contributed by atoms with Gasteiger partial charge in [0.1, 0.15) is 6.54 Å². The number of carbonyl (C=O) groups is 3. The molecule has 2 aliphatic rings. The second-order valence-electron chi connectivity index (χ2n) is 7.45. The Kier molecular flexibility index (Phi) is 6.55. The molecule has 146 valence electrons. The van der Waals surface area contributed by atoms with E-state index in [4.69, 9.17) is 0 Å². The monoisotopic (exact) mass is 390 g/mol. The molecule has 7 heteroatoms.